The lowest BCUT2D eigenvalue weighted by Gasteiger charge is -2.31. The number of ether oxygens (including phenoxy) is 2. The van der Waals surface area contributed by atoms with Crippen LogP contribution in [0.25, 0.3) is 11.1 Å². The molecular weight excluding hydrogens is 520 g/mol. The Bertz CT molecular complexity index is 1590. The van der Waals surface area contributed by atoms with Gasteiger partial charge in [-0.3, -0.25) is 9.78 Å². The lowest BCUT2D eigenvalue weighted by Crippen LogP contribution is -2.37. The fraction of sp³-hybridized carbons (Fsp3) is 0.312. The van der Waals surface area contributed by atoms with E-state index in [0.29, 0.717) is 24.7 Å². The Morgan fingerprint density at radius 3 is 2.77 bits per heavy atom. The van der Waals surface area contributed by atoms with Gasteiger partial charge in [-0.25, -0.2) is 0 Å². The van der Waals surface area contributed by atoms with E-state index in [1.807, 2.05) is 36.7 Å². The van der Waals surface area contributed by atoms with Crippen LogP contribution in [0, 0.1) is 0 Å². The second kappa shape index (κ2) is 11.0. The summed E-state index contributed by atoms with van der Waals surface area (Å²) in [6.07, 6.45) is 10.9. The summed E-state index contributed by atoms with van der Waals surface area (Å²) in [5.74, 6) is 2.17. The number of morpholine rings is 1. The highest BCUT2D eigenvalue weighted by Gasteiger charge is 2.26. The Hall–Kier alpha value is -3.75. The zero-order valence-electron chi connectivity index (χ0n) is 22.3. The molecule has 40 heavy (non-hydrogen) atoms. The highest BCUT2D eigenvalue weighted by atomic mass is 32.2. The third-order valence-electron chi connectivity index (χ3n) is 8.05. The molecule has 3 aliphatic rings. The van der Waals surface area contributed by atoms with Gasteiger partial charge in [-0.05, 0) is 60.2 Å². The van der Waals surface area contributed by atoms with Crippen LogP contribution in [-0.2, 0) is 11.3 Å². The number of hydrogen-bond donors (Lipinski definition) is 2. The first-order valence-corrected chi connectivity index (χ1v) is 14.9. The lowest BCUT2D eigenvalue weighted by atomic mass is 9.98. The molecule has 2 aromatic heterocycles. The SMILES string of the molecule is O=c1[nH]ccc(N2CCOCC2)c1-c1cccc2c1Oc1ccc(NCc3cncc(C4CCCC4)c3)cc1S2. The van der Waals surface area contributed by atoms with Gasteiger partial charge in [0.05, 0.1) is 34.3 Å². The van der Waals surface area contributed by atoms with E-state index in [-0.39, 0.29) is 5.56 Å². The van der Waals surface area contributed by atoms with Crippen molar-refractivity contribution in [2.75, 3.05) is 36.5 Å². The fourth-order valence-corrected chi connectivity index (χ4v) is 7.02. The Morgan fingerprint density at radius 1 is 1.02 bits per heavy atom. The average molecular weight is 553 g/mol. The maximum atomic E-state index is 13.2. The van der Waals surface area contributed by atoms with Crippen molar-refractivity contribution in [3.63, 3.8) is 0 Å². The second-order valence-corrected chi connectivity index (χ2v) is 11.7. The number of H-pyrrole nitrogens is 1. The van der Waals surface area contributed by atoms with Crippen LogP contribution in [0.15, 0.2) is 81.7 Å². The molecule has 2 fully saturated rings. The predicted octanol–water partition coefficient (Wildman–Crippen LogP) is 6.80. The molecule has 204 valence electrons. The van der Waals surface area contributed by atoms with E-state index in [2.05, 4.69) is 44.5 Å². The fourth-order valence-electron chi connectivity index (χ4n) is 6.00. The van der Waals surface area contributed by atoms with E-state index >= 15 is 0 Å². The molecule has 2 aliphatic heterocycles. The van der Waals surface area contributed by atoms with Crippen LogP contribution in [0.4, 0.5) is 11.4 Å². The van der Waals surface area contributed by atoms with E-state index in [1.54, 1.807) is 18.0 Å². The molecule has 0 bridgehead atoms. The number of fused-ring (bicyclic) bond motifs is 2. The molecule has 7 nitrogen and oxygen atoms in total. The number of hydrogen-bond acceptors (Lipinski definition) is 7. The molecule has 1 saturated carbocycles. The summed E-state index contributed by atoms with van der Waals surface area (Å²) < 4.78 is 12.0. The summed E-state index contributed by atoms with van der Waals surface area (Å²) in [6, 6.07) is 16.5. The van der Waals surface area contributed by atoms with Crippen LogP contribution in [-0.4, -0.2) is 36.3 Å². The smallest absolute Gasteiger partial charge is 0.258 e. The van der Waals surface area contributed by atoms with Crippen molar-refractivity contribution in [2.24, 2.45) is 0 Å². The number of anilines is 2. The van der Waals surface area contributed by atoms with E-state index in [9.17, 15) is 4.79 Å². The molecule has 4 aromatic rings. The predicted molar refractivity (Wildman–Crippen MR) is 159 cm³/mol. The first kappa shape index (κ1) is 25.2. The van der Waals surface area contributed by atoms with Gasteiger partial charge in [0, 0.05) is 49.5 Å². The lowest BCUT2D eigenvalue weighted by molar-refractivity contribution is 0.122. The number of nitrogens with one attached hydrogen (secondary N) is 2. The monoisotopic (exact) mass is 552 g/mol. The average Bonchev–Trinajstić information content (AvgIpc) is 3.55. The van der Waals surface area contributed by atoms with Gasteiger partial charge in [0.15, 0.2) is 0 Å². The van der Waals surface area contributed by atoms with Crippen molar-refractivity contribution in [1.29, 1.82) is 0 Å². The van der Waals surface area contributed by atoms with Crippen LogP contribution >= 0.6 is 11.8 Å². The molecule has 2 aromatic carbocycles. The van der Waals surface area contributed by atoms with E-state index in [0.717, 1.165) is 57.9 Å². The molecule has 0 unspecified atom stereocenters. The molecule has 0 spiro atoms. The third-order valence-corrected chi connectivity index (χ3v) is 9.13. The quantitative estimate of drug-likeness (QED) is 0.240. The van der Waals surface area contributed by atoms with E-state index < -0.39 is 0 Å². The van der Waals surface area contributed by atoms with Gasteiger partial charge in [0.2, 0.25) is 0 Å². The maximum Gasteiger partial charge on any atom is 0.258 e. The van der Waals surface area contributed by atoms with Gasteiger partial charge in [-0.1, -0.05) is 42.8 Å². The van der Waals surface area contributed by atoms with Crippen LogP contribution in [0.1, 0.15) is 42.7 Å². The summed E-state index contributed by atoms with van der Waals surface area (Å²) in [4.78, 5) is 24.8. The van der Waals surface area contributed by atoms with Crippen molar-refractivity contribution < 1.29 is 9.47 Å². The van der Waals surface area contributed by atoms with Crippen molar-refractivity contribution in [1.82, 2.24) is 9.97 Å². The standard InChI is InChI=1S/C32H32N4O3S/c37-32-30(26(10-11-34-32)36-12-14-38-15-13-36)25-6-3-7-28-31(25)39-27-9-8-24(17-29(27)40-28)35-19-21-16-23(20-33-18-21)22-4-1-2-5-22/h3,6-11,16-18,20,22,35H,1-2,4-5,12-15,19H2,(H,34,37). The molecule has 7 rings (SSSR count). The molecule has 0 radical (unpaired) electrons. The normalized spacial score (nSPS) is 16.8. The number of pyridine rings is 2. The zero-order chi connectivity index (χ0) is 26.9. The summed E-state index contributed by atoms with van der Waals surface area (Å²) in [5.41, 5.74) is 5.83. The molecule has 0 atom stereocenters. The van der Waals surface area contributed by atoms with Gasteiger partial charge in [-0.2, -0.15) is 0 Å². The van der Waals surface area contributed by atoms with Crippen LogP contribution in [0.5, 0.6) is 11.5 Å². The maximum absolute atomic E-state index is 13.2. The Kier molecular flexibility index (Phi) is 6.95. The summed E-state index contributed by atoms with van der Waals surface area (Å²) >= 11 is 1.67. The van der Waals surface area contributed by atoms with Crippen molar-refractivity contribution in [3.05, 3.63) is 88.6 Å². The summed E-state index contributed by atoms with van der Waals surface area (Å²) in [6.45, 7) is 3.52. The summed E-state index contributed by atoms with van der Waals surface area (Å²) in [5, 5.41) is 3.57. The molecule has 8 heteroatoms. The number of aromatic amines is 1. The van der Waals surface area contributed by atoms with Crippen molar-refractivity contribution in [3.8, 4) is 22.6 Å². The Morgan fingerprint density at radius 2 is 1.90 bits per heavy atom. The first-order valence-electron chi connectivity index (χ1n) is 14.1. The van der Waals surface area contributed by atoms with Crippen LogP contribution in [0.3, 0.4) is 0 Å². The topological polar surface area (TPSA) is 79.5 Å². The van der Waals surface area contributed by atoms with Gasteiger partial charge >= 0.3 is 0 Å². The van der Waals surface area contributed by atoms with Crippen LogP contribution in [0.2, 0.25) is 0 Å². The Balaban J connectivity index is 1.13. The van der Waals surface area contributed by atoms with E-state index in [4.69, 9.17) is 9.47 Å². The van der Waals surface area contributed by atoms with E-state index in [1.165, 1.54) is 36.8 Å². The third kappa shape index (κ3) is 4.97. The van der Waals surface area contributed by atoms with Gasteiger partial charge in [-0.15, -0.1) is 0 Å². The highest BCUT2D eigenvalue weighted by Crippen LogP contribution is 2.51. The van der Waals surface area contributed by atoms with Crippen molar-refractivity contribution in [2.45, 2.75) is 47.9 Å². The minimum absolute atomic E-state index is 0.122. The van der Waals surface area contributed by atoms with Gasteiger partial charge in [0.25, 0.3) is 5.56 Å². The minimum atomic E-state index is -0.122. The number of benzene rings is 2. The zero-order valence-corrected chi connectivity index (χ0v) is 23.1. The van der Waals surface area contributed by atoms with Crippen molar-refractivity contribution >= 4 is 23.1 Å². The second-order valence-electron chi connectivity index (χ2n) is 10.6. The minimum Gasteiger partial charge on any atom is -0.454 e. The highest BCUT2D eigenvalue weighted by molar-refractivity contribution is 7.99. The van der Waals surface area contributed by atoms with Gasteiger partial charge in [0.1, 0.15) is 11.5 Å². The van der Waals surface area contributed by atoms with Crippen LogP contribution < -0.4 is 20.5 Å². The number of rotatable bonds is 6. The molecular formula is C32H32N4O3S. The van der Waals surface area contributed by atoms with Gasteiger partial charge < -0.3 is 24.7 Å². The molecule has 1 saturated heterocycles. The molecule has 1 aliphatic carbocycles. The molecule has 0 amide bonds. The number of para-hydroxylation sites is 1. The number of nitrogens with zero attached hydrogens (tertiary/aromatic N) is 2. The first-order chi connectivity index (χ1) is 19.7. The number of aromatic nitrogens is 2. The molecule has 4 heterocycles. The largest absolute Gasteiger partial charge is 0.454 e. The Labute approximate surface area is 237 Å². The molecule has 2 N–H and O–H groups in total. The summed E-state index contributed by atoms with van der Waals surface area (Å²) in [7, 11) is 0.